The van der Waals surface area contributed by atoms with Crippen LogP contribution in [0.4, 0.5) is 5.69 Å². The van der Waals surface area contributed by atoms with Crippen molar-refractivity contribution in [2.45, 2.75) is 17.6 Å². The summed E-state index contributed by atoms with van der Waals surface area (Å²) in [5, 5.41) is 4.07. The topological polar surface area (TPSA) is 78.0 Å². The predicted octanol–water partition coefficient (Wildman–Crippen LogP) is 1.28. The SMILES string of the molecule is Cc1cc(S(=O)(=O)Cc2ccn(C)n2)ccc1N. The van der Waals surface area contributed by atoms with Crippen LogP contribution in [0.25, 0.3) is 0 Å². The molecule has 96 valence electrons. The van der Waals surface area contributed by atoms with Gasteiger partial charge in [-0.05, 0) is 36.8 Å². The van der Waals surface area contributed by atoms with Gasteiger partial charge in [-0.3, -0.25) is 4.68 Å². The first-order valence-electron chi connectivity index (χ1n) is 5.46. The molecule has 0 amide bonds. The number of nitrogens with two attached hydrogens (primary N) is 1. The predicted molar refractivity (Wildman–Crippen MR) is 69.7 cm³/mol. The molecule has 0 aliphatic rings. The highest BCUT2D eigenvalue weighted by molar-refractivity contribution is 7.90. The van der Waals surface area contributed by atoms with Crippen LogP contribution in [0.1, 0.15) is 11.3 Å². The van der Waals surface area contributed by atoms with E-state index < -0.39 is 9.84 Å². The Bertz CT molecular complexity index is 674. The number of nitrogen functional groups attached to an aromatic ring is 1. The number of rotatable bonds is 3. The molecule has 1 heterocycles. The number of aromatic nitrogens is 2. The van der Waals surface area contributed by atoms with Gasteiger partial charge >= 0.3 is 0 Å². The minimum atomic E-state index is -3.37. The molecule has 2 aromatic rings. The second-order valence-electron chi connectivity index (χ2n) is 4.26. The molecule has 0 aliphatic carbocycles. The van der Waals surface area contributed by atoms with E-state index in [0.29, 0.717) is 11.4 Å². The van der Waals surface area contributed by atoms with E-state index in [1.54, 1.807) is 43.0 Å². The number of aryl methyl sites for hydroxylation is 2. The van der Waals surface area contributed by atoms with Crippen molar-refractivity contribution in [2.75, 3.05) is 5.73 Å². The smallest absolute Gasteiger partial charge is 0.184 e. The van der Waals surface area contributed by atoms with E-state index in [1.165, 1.54) is 6.07 Å². The van der Waals surface area contributed by atoms with Gasteiger partial charge in [-0.1, -0.05) is 0 Å². The van der Waals surface area contributed by atoms with E-state index in [1.807, 2.05) is 0 Å². The Morgan fingerprint density at radius 1 is 1.33 bits per heavy atom. The minimum absolute atomic E-state index is 0.100. The van der Waals surface area contributed by atoms with Crippen molar-refractivity contribution >= 4 is 15.5 Å². The van der Waals surface area contributed by atoms with Crippen molar-refractivity contribution in [2.24, 2.45) is 7.05 Å². The van der Waals surface area contributed by atoms with Crippen LogP contribution in [0.3, 0.4) is 0 Å². The summed E-state index contributed by atoms with van der Waals surface area (Å²) >= 11 is 0. The zero-order chi connectivity index (χ0) is 13.3. The maximum atomic E-state index is 12.2. The average Bonchev–Trinajstić information content (AvgIpc) is 2.67. The van der Waals surface area contributed by atoms with Gasteiger partial charge in [0.2, 0.25) is 0 Å². The van der Waals surface area contributed by atoms with Gasteiger partial charge in [0.15, 0.2) is 9.84 Å². The second kappa shape index (κ2) is 4.45. The molecule has 5 nitrogen and oxygen atoms in total. The highest BCUT2D eigenvalue weighted by Crippen LogP contribution is 2.20. The molecule has 2 rings (SSSR count). The normalized spacial score (nSPS) is 11.7. The van der Waals surface area contributed by atoms with Gasteiger partial charge in [0, 0.05) is 18.9 Å². The fourth-order valence-corrected chi connectivity index (χ4v) is 3.00. The maximum Gasteiger partial charge on any atom is 0.184 e. The molecule has 0 fully saturated rings. The summed E-state index contributed by atoms with van der Waals surface area (Å²) in [5.74, 6) is -0.100. The van der Waals surface area contributed by atoms with Crippen LogP contribution in [-0.2, 0) is 22.6 Å². The standard InChI is InChI=1S/C12H15N3O2S/c1-9-7-11(3-4-12(9)13)18(16,17)8-10-5-6-15(2)14-10/h3-7H,8,13H2,1-2H3. The molecule has 0 saturated heterocycles. The molecule has 1 aromatic heterocycles. The van der Waals surface area contributed by atoms with E-state index in [-0.39, 0.29) is 10.6 Å². The molecular weight excluding hydrogens is 250 g/mol. The van der Waals surface area contributed by atoms with Crippen molar-refractivity contribution < 1.29 is 8.42 Å². The maximum absolute atomic E-state index is 12.2. The Morgan fingerprint density at radius 2 is 2.06 bits per heavy atom. The highest BCUT2D eigenvalue weighted by atomic mass is 32.2. The van der Waals surface area contributed by atoms with Crippen LogP contribution in [-0.4, -0.2) is 18.2 Å². The van der Waals surface area contributed by atoms with Crippen LogP contribution in [0.5, 0.6) is 0 Å². The number of hydrogen-bond acceptors (Lipinski definition) is 4. The number of sulfone groups is 1. The first-order chi connectivity index (χ1) is 8.38. The molecule has 1 aromatic carbocycles. The van der Waals surface area contributed by atoms with E-state index in [9.17, 15) is 8.42 Å². The van der Waals surface area contributed by atoms with E-state index in [4.69, 9.17) is 5.73 Å². The summed E-state index contributed by atoms with van der Waals surface area (Å²) in [4.78, 5) is 0.278. The first-order valence-corrected chi connectivity index (χ1v) is 7.11. The summed E-state index contributed by atoms with van der Waals surface area (Å²) in [7, 11) is -1.62. The van der Waals surface area contributed by atoms with Crippen molar-refractivity contribution in [1.82, 2.24) is 9.78 Å². The van der Waals surface area contributed by atoms with Crippen LogP contribution >= 0.6 is 0 Å². The van der Waals surface area contributed by atoms with Crippen molar-refractivity contribution in [3.8, 4) is 0 Å². The van der Waals surface area contributed by atoms with Crippen LogP contribution in [0, 0.1) is 6.92 Å². The molecule has 0 saturated carbocycles. The Morgan fingerprint density at radius 3 is 2.61 bits per heavy atom. The van der Waals surface area contributed by atoms with Gasteiger partial charge < -0.3 is 5.73 Å². The minimum Gasteiger partial charge on any atom is -0.399 e. The molecule has 0 atom stereocenters. The summed E-state index contributed by atoms with van der Waals surface area (Å²) in [5.41, 5.74) is 7.56. The van der Waals surface area contributed by atoms with Gasteiger partial charge in [0.05, 0.1) is 16.3 Å². The Balaban J connectivity index is 2.33. The van der Waals surface area contributed by atoms with E-state index >= 15 is 0 Å². The summed E-state index contributed by atoms with van der Waals surface area (Å²) in [6.07, 6.45) is 1.72. The lowest BCUT2D eigenvalue weighted by Crippen LogP contribution is -2.06. The molecule has 6 heteroatoms. The van der Waals surface area contributed by atoms with Crippen LogP contribution in [0.2, 0.25) is 0 Å². The van der Waals surface area contributed by atoms with Crippen molar-refractivity contribution in [3.05, 3.63) is 41.7 Å². The largest absolute Gasteiger partial charge is 0.399 e. The van der Waals surface area contributed by atoms with Gasteiger partial charge in [0.1, 0.15) is 0 Å². The van der Waals surface area contributed by atoms with Crippen molar-refractivity contribution in [1.29, 1.82) is 0 Å². The number of anilines is 1. The average molecular weight is 265 g/mol. The summed E-state index contributed by atoms with van der Waals surface area (Å²) < 4.78 is 26.0. The molecule has 0 unspecified atom stereocenters. The molecule has 0 spiro atoms. The lowest BCUT2D eigenvalue weighted by molar-refractivity contribution is 0.594. The van der Waals surface area contributed by atoms with E-state index in [2.05, 4.69) is 5.10 Å². The van der Waals surface area contributed by atoms with Gasteiger partial charge in [0.25, 0.3) is 0 Å². The number of nitrogens with zero attached hydrogens (tertiary/aromatic N) is 2. The fourth-order valence-electron chi connectivity index (χ4n) is 1.66. The monoisotopic (exact) mass is 265 g/mol. The first kappa shape index (κ1) is 12.6. The molecule has 0 radical (unpaired) electrons. The molecular formula is C12H15N3O2S. The Kier molecular flexibility index (Phi) is 3.13. The third-order valence-electron chi connectivity index (χ3n) is 2.71. The summed E-state index contributed by atoms with van der Waals surface area (Å²) in [6.45, 7) is 1.79. The highest BCUT2D eigenvalue weighted by Gasteiger charge is 2.17. The molecule has 0 aliphatic heterocycles. The summed E-state index contributed by atoms with van der Waals surface area (Å²) in [6, 6.07) is 6.43. The Hall–Kier alpha value is -1.82. The fraction of sp³-hybridized carbons (Fsp3) is 0.250. The quantitative estimate of drug-likeness (QED) is 0.848. The zero-order valence-electron chi connectivity index (χ0n) is 10.3. The second-order valence-corrected chi connectivity index (χ2v) is 6.25. The van der Waals surface area contributed by atoms with E-state index in [0.717, 1.165) is 5.56 Å². The Labute approximate surface area is 106 Å². The van der Waals surface area contributed by atoms with Crippen LogP contribution < -0.4 is 5.73 Å². The third-order valence-corrected chi connectivity index (χ3v) is 4.36. The van der Waals surface area contributed by atoms with Gasteiger partial charge in [-0.15, -0.1) is 0 Å². The van der Waals surface area contributed by atoms with Gasteiger partial charge in [-0.25, -0.2) is 8.42 Å². The molecule has 18 heavy (non-hydrogen) atoms. The lowest BCUT2D eigenvalue weighted by atomic mass is 10.2. The number of hydrogen-bond donors (Lipinski definition) is 1. The van der Waals surface area contributed by atoms with Crippen LogP contribution in [0.15, 0.2) is 35.4 Å². The third kappa shape index (κ3) is 2.53. The molecule has 0 bridgehead atoms. The van der Waals surface area contributed by atoms with Gasteiger partial charge in [-0.2, -0.15) is 5.10 Å². The zero-order valence-corrected chi connectivity index (χ0v) is 11.1. The lowest BCUT2D eigenvalue weighted by Gasteiger charge is -2.05. The number of benzene rings is 1. The molecule has 2 N–H and O–H groups in total. The van der Waals surface area contributed by atoms with Crippen molar-refractivity contribution in [3.63, 3.8) is 0 Å².